The summed E-state index contributed by atoms with van der Waals surface area (Å²) in [6, 6.07) is 0.678. The normalized spacial score (nSPS) is 15.1. The van der Waals surface area contributed by atoms with Gasteiger partial charge in [0.1, 0.15) is 0 Å². The van der Waals surface area contributed by atoms with Crippen molar-refractivity contribution in [1.29, 1.82) is 0 Å². The maximum atomic E-state index is 4.62. The average Bonchev–Trinajstić information content (AvgIpc) is 2.60. The van der Waals surface area contributed by atoms with E-state index in [-0.39, 0.29) is 0 Å². The van der Waals surface area contributed by atoms with Gasteiger partial charge in [-0.15, -0.1) is 17.9 Å². The van der Waals surface area contributed by atoms with Crippen LogP contribution in [-0.4, -0.2) is 11.0 Å². The fraction of sp³-hybridized carbons (Fsp3) is 0.615. The second-order valence-electron chi connectivity index (χ2n) is 4.57. The minimum Gasteiger partial charge on any atom is -0.303 e. The Bertz CT molecular complexity index is 355. The van der Waals surface area contributed by atoms with Crippen LogP contribution in [0.4, 0.5) is 0 Å². The van der Waals surface area contributed by atoms with Crippen molar-refractivity contribution in [3.05, 3.63) is 28.2 Å². The van der Waals surface area contributed by atoms with Crippen LogP contribution in [-0.2, 0) is 0 Å². The third-order valence-electron chi connectivity index (χ3n) is 2.60. The SMILES string of the molecule is C=CC(C)NC(C)c1sc(C(C)C)nc1C. The third-order valence-corrected chi connectivity index (χ3v) is 4.24. The predicted octanol–water partition coefficient (Wildman–Crippen LogP) is 3.80. The van der Waals surface area contributed by atoms with Crippen LogP contribution < -0.4 is 5.32 Å². The van der Waals surface area contributed by atoms with Gasteiger partial charge in [-0.1, -0.05) is 19.9 Å². The van der Waals surface area contributed by atoms with E-state index in [2.05, 4.69) is 51.5 Å². The molecule has 1 heterocycles. The van der Waals surface area contributed by atoms with Crippen LogP contribution in [0.5, 0.6) is 0 Å². The molecule has 3 heteroatoms. The second kappa shape index (κ2) is 5.60. The van der Waals surface area contributed by atoms with Gasteiger partial charge in [0.25, 0.3) is 0 Å². The molecule has 0 amide bonds. The maximum Gasteiger partial charge on any atom is 0.0956 e. The molecule has 0 fully saturated rings. The lowest BCUT2D eigenvalue weighted by Crippen LogP contribution is -2.26. The molecule has 0 aliphatic carbocycles. The van der Waals surface area contributed by atoms with Crippen LogP contribution in [0, 0.1) is 6.92 Å². The van der Waals surface area contributed by atoms with Crippen molar-refractivity contribution in [2.24, 2.45) is 0 Å². The summed E-state index contributed by atoms with van der Waals surface area (Å²) in [5.74, 6) is 0.515. The zero-order valence-electron chi connectivity index (χ0n) is 10.9. The van der Waals surface area contributed by atoms with Crippen molar-refractivity contribution >= 4 is 11.3 Å². The molecule has 90 valence electrons. The first-order valence-corrected chi connectivity index (χ1v) is 6.63. The molecule has 2 unspecified atom stereocenters. The Morgan fingerprint density at radius 2 is 1.94 bits per heavy atom. The highest BCUT2D eigenvalue weighted by Crippen LogP contribution is 2.29. The minimum atomic E-state index is 0.332. The zero-order chi connectivity index (χ0) is 12.3. The lowest BCUT2D eigenvalue weighted by atomic mass is 10.2. The van der Waals surface area contributed by atoms with E-state index in [1.54, 1.807) is 0 Å². The van der Waals surface area contributed by atoms with Gasteiger partial charge in [0.05, 0.1) is 10.7 Å². The lowest BCUT2D eigenvalue weighted by molar-refractivity contribution is 0.541. The molecule has 0 radical (unpaired) electrons. The summed E-state index contributed by atoms with van der Waals surface area (Å²) in [5.41, 5.74) is 1.16. The Morgan fingerprint density at radius 1 is 1.31 bits per heavy atom. The Kier molecular flexibility index (Phi) is 4.69. The molecule has 1 N–H and O–H groups in total. The molecule has 16 heavy (non-hydrogen) atoms. The standard InChI is InChI=1S/C13H22N2S/c1-7-9(4)14-10(5)12-11(6)15-13(16-12)8(2)3/h7-10,14H,1H2,2-6H3. The van der Waals surface area contributed by atoms with Gasteiger partial charge in [0.2, 0.25) is 0 Å². The molecule has 0 aromatic carbocycles. The number of hydrogen-bond donors (Lipinski definition) is 1. The molecule has 0 aliphatic rings. The Hall–Kier alpha value is -0.670. The number of rotatable bonds is 5. The van der Waals surface area contributed by atoms with Gasteiger partial charge in [-0.05, 0) is 20.8 Å². The van der Waals surface area contributed by atoms with E-state index in [1.807, 2.05) is 17.4 Å². The zero-order valence-corrected chi connectivity index (χ0v) is 11.7. The van der Waals surface area contributed by atoms with Crippen molar-refractivity contribution in [2.45, 2.75) is 52.6 Å². The third kappa shape index (κ3) is 3.16. The molecular weight excluding hydrogens is 216 g/mol. The number of aryl methyl sites for hydroxylation is 1. The molecule has 2 nitrogen and oxygen atoms in total. The van der Waals surface area contributed by atoms with Gasteiger partial charge in [-0.25, -0.2) is 4.98 Å². The van der Waals surface area contributed by atoms with E-state index < -0.39 is 0 Å². The van der Waals surface area contributed by atoms with E-state index >= 15 is 0 Å². The largest absolute Gasteiger partial charge is 0.303 e. The summed E-state index contributed by atoms with van der Waals surface area (Å²) in [6.07, 6.45) is 1.93. The van der Waals surface area contributed by atoms with Crippen molar-refractivity contribution < 1.29 is 0 Å². The fourth-order valence-electron chi connectivity index (χ4n) is 1.62. The first-order chi connectivity index (χ1) is 7.45. The molecule has 0 saturated heterocycles. The molecular formula is C13H22N2S. The van der Waals surface area contributed by atoms with Crippen molar-refractivity contribution in [3.8, 4) is 0 Å². The lowest BCUT2D eigenvalue weighted by Gasteiger charge is -2.16. The van der Waals surface area contributed by atoms with Crippen LogP contribution in [0.3, 0.4) is 0 Å². The highest BCUT2D eigenvalue weighted by Gasteiger charge is 2.16. The van der Waals surface area contributed by atoms with Gasteiger partial charge in [-0.2, -0.15) is 0 Å². The Morgan fingerprint density at radius 3 is 2.38 bits per heavy atom. The first kappa shape index (κ1) is 13.4. The summed E-state index contributed by atoms with van der Waals surface area (Å²) in [7, 11) is 0. The minimum absolute atomic E-state index is 0.332. The van der Waals surface area contributed by atoms with E-state index in [0.717, 1.165) is 5.69 Å². The number of aromatic nitrogens is 1. The van der Waals surface area contributed by atoms with E-state index in [1.165, 1.54) is 9.88 Å². The molecule has 2 atom stereocenters. The number of nitrogens with zero attached hydrogens (tertiary/aromatic N) is 1. The van der Waals surface area contributed by atoms with Gasteiger partial charge < -0.3 is 5.32 Å². The van der Waals surface area contributed by atoms with Crippen LogP contribution in [0.25, 0.3) is 0 Å². The van der Waals surface area contributed by atoms with Gasteiger partial charge in [0.15, 0.2) is 0 Å². The molecule has 1 rings (SSSR count). The van der Waals surface area contributed by atoms with E-state index in [4.69, 9.17) is 0 Å². The van der Waals surface area contributed by atoms with Crippen molar-refractivity contribution in [1.82, 2.24) is 10.3 Å². The monoisotopic (exact) mass is 238 g/mol. The second-order valence-corrected chi connectivity index (χ2v) is 5.63. The van der Waals surface area contributed by atoms with Crippen molar-refractivity contribution in [2.75, 3.05) is 0 Å². The van der Waals surface area contributed by atoms with E-state index in [0.29, 0.717) is 18.0 Å². The van der Waals surface area contributed by atoms with Crippen molar-refractivity contribution in [3.63, 3.8) is 0 Å². The van der Waals surface area contributed by atoms with Gasteiger partial charge >= 0.3 is 0 Å². The summed E-state index contributed by atoms with van der Waals surface area (Å²) < 4.78 is 0. The van der Waals surface area contributed by atoms with Crippen LogP contribution in [0.2, 0.25) is 0 Å². The topological polar surface area (TPSA) is 24.9 Å². The maximum absolute atomic E-state index is 4.62. The van der Waals surface area contributed by atoms with Crippen LogP contribution in [0.15, 0.2) is 12.7 Å². The molecule has 1 aromatic rings. The predicted molar refractivity (Wildman–Crippen MR) is 72.1 cm³/mol. The molecule has 0 spiro atoms. The van der Waals surface area contributed by atoms with Gasteiger partial charge in [0, 0.05) is 22.9 Å². The number of hydrogen-bond acceptors (Lipinski definition) is 3. The highest BCUT2D eigenvalue weighted by atomic mass is 32.1. The molecule has 0 saturated carbocycles. The van der Waals surface area contributed by atoms with Crippen LogP contribution in [0.1, 0.15) is 55.2 Å². The Balaban J connectivity index is 2.82. The summed E-state index contributed by atoms with van der Waals surface area (Å²) in [4.78, 5) is 5.96. The van der Waals surface area contributed by atoms with Crippen LogP contribution >= 0.6 is 11.3 Å². The molecule has 0 bridgehead atoms. The molecule has 0 aliphatic heterocycles. The average molecular weight is 238 g/mol. The van der Waals surface area contributed by atoms with E-state index in [9.17, 15) is 0 Å². The fourth-order valence-corrected chi connectivity index (χ4v) is 2.70. The quantitative estimate of drug-likeness (QED) is 0.789. The summed E-state index contributed by atoms with van der Waals surface area (Å²) >= 11 is 1.82. The smallest absolute Gasteiger partial charge is 0.0956 e. The summed E-state index contributed by atoms with van der Waals surface area (Å²) in [6.45, 7) is 14.6. The number of nitrogens with one attached hydrogen (secondary N) is 1. The molecule has 1 aromatic heterocycles. The number of thiazole rings is 1. The first-order valence-electron chi connectivity index (χ1n) is 5.81. The Labute approximate surface area is 103 Å². The highest BCUT2D eigenvalue weighted by molar-refractivity contribution is 7.11. The van der Waals surface area contributed by atoms with Gasteiger partial charge in [-0.3, -0.25) is 0 Å². The summed E-state index contributed by atoms with van der Waals surface area (Å²) in [5, 5.41) is 4.72.